The number of hydrogen-bond acceptors (Lipinski definition) is 4. The first-order valence-corrected chi connectivity index (χ1v) is 5.96. The van der Waals surface area contributed by atoms with E-state index in [9.17, 15) is 0 Å². The average Bonchev–Trinajstić information content (AvgIpc) is 3.07. The van der Waals surface area contributed by atoms with E-state index in [1.807, 2.05) is 34.9 Å². The van der Waals surface area contributed by atoms with Crippen LogP contribution in [0.4, 0.5) is 0 Å². The quantitative estimate of drug-likeness (QED) is 0.708. The monoisotopic (exact) mass is 250 g/mol. The highest BCUT2D eigenvalue weighted by atomic mass is 15.3. The van der Waals surface area contributed by atoms with Crippen LogP contribution in [0, 0.1) is 0 Å². The Hall–Kier alpha value is -2.76. The van der Waals surface area contributed by atoms with Gasteiger partial charge in [0.25, 0.3) is 0 Å². The number of fused-ring (bicyclic) bond motifs is 3. The summed E-state index contributed by atoms with van der Waals surface area (Å²) < 4.78 is 1.91. The maximum Gasteiger partial charge on any atom is 0.159 e. The second kappa shape index (κ2) is 3.88. The smallest absolute Gasteiger partial charge is 0.159 e. The lowest BCUT2D eigenvalue weighted by molar-refractivity contribution is 0.870. The van der Waals surface area contributed by atoms with E-state index >= 15 is 0 Å². The van der Waals surface area contributed by atoms with Crippen LogP contribution in [0.3, 0.4) is 0 Å². The second-order valence-electron chi connectivity index (χ2n) is 4.28. The summed E-state index contributed by atoms with van der Waals surface area (Å²) in [6.07, 6.45) is 3.46. The molecular formula is C13H10N6. The maximum absolute atomic E-state index is 4.64. The van der Waals surface area contributed by atoms with Crippen molar-refractivity contribution in [1.82, 2.24) is 25.0 Å². The Morgan fingerprint density at radius 1 is 1.16 bits per heavy atom. The van der Waals surface area contributed by atoms with Crippen LogP contribution in [0.2, 0.25) is 0 Å². The summed E-state index contributed by atoms with van der Waals surface area (Å²) in [5.74, 6) is 0.814. The van der Waals surface area contributed by atoms with Gasteiger partial charge in [-0.05, 0) is 0 Å². The number of hydrogen-bond donors (Lipinski definition) is 1. The van der Waals surface area contributed by atoms with Crippen molar-refractivity contribution in [2.45, 2.75) is 6.54 Å². The average molecular weight is 250 g/mol. The molecule has 0 radical (unpaired) electrons. The van der Waals surface area contributed by atoms with E-state index in [4.69, 9.17) is 0 Å². The van der Waals surface area contributed by atoms with E-state index in [2.05, 4.69) is 25.4 Å². The predicted octanol–water partition coefficient (Wildman–Crippen LogP) is 1.34. The normalized spacial score (nSPS) is 13.4. The van der Waals surface area contributed by atoms with Crippen molar-refractivity contribution in [1.29, 1.82) is 0 Å². The lowest BCUT2D eigenvalue weighted by Gasteiger charge is -2.04. The van der Waals surface area contributed by atoms with Gasteiger partial charge in [-0.15, -0.1) is 10.2 Å². The van der Waals surface area contributed by atoms with Crippen molar-refractivity contribution in [3.63, 3.8) is 0 Å². The van der Waals surface area contributed by atoms with E-state index in [0.717, 1.165) is 28.5 Å². The third kappa shape index (κ3) is 1.50. The van der Waals surface area contributed by atoms with E-state index in [0.29, 0.717) is 6.54 Å². The van der Waals surface area contributed by atoms with Gasteiger partial charge in [0.05, 0.1) is 17.6 Å². The molecule has 3 heterocycles. The minimum absolute atomic E-state index is 0.507. The molecule has 4 rings (SSSR count). The fourth-order valence-electron chi connectivity index (χ4n) is 2.27. The van der Waals surface area contributed by atoms with Gasteiger partial charge in [-0.3, -0.25) is 14.7 Å². The van der Waals surface area contributed by atoms with Gasteiger partial charge in [0.1, 0.15) is 18.6 Å². The van der Waals surface area contributed by atoms with Crippen molar-refractivity contribution >= 4 is 5.71 Å². The molecule has 2 aromatic heterocycles. The van der Waals surface area contributed by atoms with E-state index in [-0.39, 0.29) is 0 Å². The molecule has 1 N–H and O–H groups in total. The lowest BCUT2D eigenvalue weighted by Crippen LogP contribution is -2.06. The van der Waals surface area contributed by atoms with Crippen molar-refractivity contribution in [3.8, 4) is 5.69 Å². The standard InChI is InChI=1S/C13H10N6/c1-2-4-9(5-3-1)12-13-10(6-15-18-13)19-8-16-17-11(19)7-14-12/h1-6,8H,7H2,(H,15,18). The predicted molar refractivity (Wildman–Crippen MR) is 69.3 cm³/mol. The first-order chi connectivity index (χ1) is 9.43. The van der Waals surface area contributed by atoms with E-state index in [1.54, 1.807) is 12.5 Å². The molecule has 0 bridgehead atoms. The summed E-state index contributed by atoms with van der Waals surface area (Å²) in [6.45, 7) is 0.507. The Balaban J connectivity index is 1.95. The van der Waals surface area contributed by atoms with E-state index < -0.39 is 0 Å². The summed E-state index contributed by atoms with van der Waals surface area (Å²) in [6, 6.07) is 10.1. The molecule has 19 heavy (non-hydrogen) atoms. The van der Waals surface area contributed by atoms with E-state index in [1.165, 1.54) is 0 Å². The summed E-state index contributed by atoms with van der Waals surface area (Å²) in [5, 5.41) is 15.1. The SMILES string of the molecule is c1ccc(C2=NCc3nncn3-c3cn[nH]c32)cc1. The van der Waals surface area contributed by atoms with Crippen LogP contribution in [-0.4, -0.2) is 30.7 Å². The summed E-state index contributed by atoms with van der Waals surface area (Å²) in [5.41, 5.74) is 3.79. The molecule has 0 atom stereocenters. The van der Waals surface area contributed by atoms with Gasteiger partial charge in [-0.1, -0.05) is 30.3 Å². The highest BCUT2D eigenvalue weighted by Gasteiger charge is 2.20. The molecule has 0 spiro atoms. The zero-order chi connectivity index (χ0) is 12.7. The Morgan fingerprint density at radius 3 is 2.95 bits per heavy atom. The van der Waals surface area contributed by atoms with Gasteiger partial charge >= 0.3 is 0 Å². The number of aromatic amines is 1. The Kier molecular flexibility index (Phi) is 2.08. The van der Waals surface area contributed by atoms with Crippen molar-refractivity contribution < 1.29 is 0 Å². The summed E-state index contributed by atoms with van der Waals surface area (Å²) in [4.78, 5) is 4.64. The number of rotatable bonds is 1. The largest absolute Gasteiger partial charge is 0.280 e. The third-order valence-electron chi connectivity index (χ3n) is 3.16. The molecule has 0 saturated carbocycles. The van der Waals surface area contributed by atoms with Crippen LogP contribution >= 0.6 is 0 Å². The molecule has 92 valence electrons. The number of nitrogens with zero attached hydrogens (tertiary/aromatic N) is 5. The molecule has 1 aliphatic heterocycles. The van der Waals surface area contributed by atoms with Gasteiger partial charge in [0, 0.05) is 5.56 Å². The van der Waals surface area contributed by atoms with Crippen LogP contribution in [-0.2, 0) is 6.54 Å². The molecule has 1 aromatic carbocycles. The molecule has 6 heteroatoms. The molecule has 0 fully saturated rings. The zero-order valence-corrected chi connectivity index (χ0v) is 9.98. The molecule has 0 aliphatic carbocycles. The summed E-state index contributed by atoms with van der Waals surface area (Å²) >= 11 is 0. The van der Waals surface area contributed by atoms with Crippen LogP contribution in [0.5, 0.6) is 0 Å². The second-order valence-corrected chi connectivity index (χ2v) is 4.28. The molecule has 3 aromatic rings. The minimum atomic E-state index is 0.507. The van der Waals surface area contributed by atoms with Crippen LogP contribution in [0.15, 0.2) is 47.8 Å². The summed E-state index contributed by atoms with van der Waals surface area (Å²) in [7, 11) is 0. The highest BCUT2D eigenvalue weighted by molar-refractivity contribution is 6.13. The number of nitrogens with one attached hydrogen (secondary N) is 1. The molecule has 0 saturated heterocycles. The Morgan fingerprint density at radius 2 is 2.05 bits per heavy atom. The van der Waals surface area contributed by atoms with Gasteiger partial charge in [-0.25, -0.2) is 0 Å². The Labute approximate surface area is 108 Å². The van der Waals surface area contributed by atoms with Crippen LogP contribution < -0.4 is 0 Å². The third-order valence-corrected chi connectivity index (χ3v) is 3.16. The van der Waals surface area contributed by atoms with Gasteiger partial charge < -0.3 is 0 Å². The lowest BCUT2D eigenvalue weighted by atomic mass is 10.1. The minimum Gasteiger partial charge on any atom is -0.280 e. The van der Waals surface area contributed by atoms with Crippen molar-refractivity contribution in [2.24, 2.45) is 4.99 Å². The topological polar surface area (TPSA) is 71.8 Å². The first-order valence-electron chi connectivity index (χ1n) is 5.96. The van der Waals surface area contributed by atoms with Crippen molar-refractivity contribution in [2.75, 3.05) is 0 Å². The van der Waals surface area contributed by atoms with Crippen LogP contribution in [0.1, 0.15) is 17.1 Å². The fourth-order valence-corrected chi connectivity index (χ4v) is 2.27. The van der Waals surface area contributed by atoms with Gasteiger partial charge in [0.15, 0.2) is 5.82 Å². The molecule has 0 amide bonds. The number of H-pyrrole nitrogens is 1. The maximum atomic E-state index is 4.64. The first kappa shape index (κ1) is 10.2. The Bertz CT molecular complexity index is 752. The molecule has 0 unspecified atom stereocenters. The number of benzene rings is 1. The molecule has 6 nitrogen and oxygen atoms in total. The zero-order valence-electron chi connectivity index (χ0n) is 9.98. The molecular weight excluding hydrogens is 240 g/mol. The molecule has 1 aliphatic rings. The van der Waals surface area contributed by atoms with Crippen LogP contribution in [0.25, 0.3) is 5.69 Å². The van der Waals surface area contributed by atoms with Gasteiger partial charge in [0.2, 0.25) is 0 Å². The van der Waals surface area contributed by atoms with Gasteiger partial charge in [-0.2, -0.15) is 5.10 Å². The van der Waals surface area contributed by atoms with Crippen molar-refractivity contribution in [3.05, 3.63) is 59.9 Å². The number of aromatic nitrogens is 5. The fraction of sp³-hybridized carbons (Fsp3) is 0.0769. The highest BCUT2D eigenvalue weighted by Crippen LogP contribution is 2.21. The number of aliphatic imine (C=N–C) groups is 1.